The molecule has 1 aliphatic carbocycles. The Balaban J connectivity index is 1.70. The maximum Gasteiger partial charge on any atom is 0.191 e. The molecule has 1 heterocycles. The van der Waals surface area contributed by atoms with Crippen molar-refractivity contribution in [2.24, 2.45) is 10.4 Å². The summed E-state index contributed by atoms with van der Waals surface area (Å²) in [5.74, 6) is 0.910. The van der Waals surface area contributed by atoms with Crippen LogP contribution in [0.2, 0.25) is 0 Å². The second-order valence-corrected chi connectivity index (χ2v) is 6.17. The van der Waals surface area contributed by atoms with Gasteiger partial charge in [-0.1, -0.05) is 13.8 Å². The van der Waals surface area contributed by atoms with Gasteiger partial charge in [-0.3, -0.25) is 4.99 Å². The zero-order valence-electron chi connectivity index (χ0n) is 12.7. The molecule has 2 unspecified atom stereocenters. The fraction of sp³-hybridized carbons (Fsp3) is 0.929. The second kappa shape index (κ2) is 6.09. The van der Waals surface area contributed by atoms with Crippen LogP contribution in [0.1, 0.15) is 26.7 Å². The van der Waals surface area contributed by atoms with Crippen molar-refractivity contribution < 1.29 is 4.74 Å². The summed E-state index contributed by atoms with van der Waals surface area (Å²) in [4.78, 5) is 6.75. The van der Waals surface area contributed by atoms with E-state index in [9.17, 15) is 0 Å². The van der Waals surface area contributed by atoms with E-state index in [1.807, 2.05) is 7.05 Å². The SMILES string of the molecule is CN=C(NCCN1CCC1)NC1CC(OC)C1(C)C. The lowest BCUT2D eigenvalue weighted by atomic mass is 9.64. The van der Waals surface area contributed by atoms with Gasteiger partial charge in [0.15, 0.2) is 5.96 Å². The third kappa shape index (κ3) is 3.20. The second-order valence-electron chi connectivity index (χ2n) is 6.17. The third-order valence-electron chi connectivity index (χ3n) is 4.67. The van der Waals surface area contributed by atoms with E-state index in [1.54, 1.807) is 7.11 Å². The number of hydrogen-bond acceptors (Lipinski definition) is 3. The monoisotopic (exact) mass is 268 g/mol. The average Bonchev–Trinajstić information content (AvgIpc) is 2.34. The maximum atomic E-state index is 5.47. The number of methoxy groups -OCH3 is 1. The highest BCUT2D eigenvalue weighted by molar-refractivity contribution is 5.80. The van der Waals surface area contributed by atoms with E-state index < -0.39 is 0 Å². The molecule has 2 fully saturated rings. The highest BCUT2D eigenvalue weighted by Crippen LogP contribution is 2.42. The van der Waals surface area contributed by atoms with Gasteiger partial charge in [0.25, 0.3) is 0 Å². The predicted molar refractivity (Wildman–Crippen MR) is 78.5 cm³/mol. The van der Waals surface area contributed by atoms with Crippen LogP contribution in [0.5, 0.6) is 0 Å². The molecule has 0 aromatic rings. The summed E-state index contributed by atoms with van der Waals surface area (Å²) in [7, 11) is 3.63. The Labute approximate surface area is 116 Å². The molecule has 0 amide bonds. The van der Waals surface area contributed by atoms with Crippen molar-refractivity contribution in [2.75, 3.05) is 40.3 Å². The molecule has 2 N–H and O–H groups in total. The third-order valence-corrected chi connectivity index (χ3v) is 4.67. The Bertz CT molecular complexity index is 325. The van der Waals surface area contributed by atoms with Crippen LogP contribution >= 0.6 is 0 Å². The number of likely N-dealkylation sites (tertiary alicyclic amines) is 1. The van der Waals surface area contributed by atoms with Gasteiger partial charge in [0.05, 0.1) is 6.10 Å². The van der Waals surface area contributed by atoms with Crippen LogP contribution in [0.15, 0.2) is 4.99 Å². The van der Waals surface area contributed by atoms with Gasteiger partial charge in [0.1, 0.15) is 0 Å². The molecule has 1 aliphatic heterocycles. The van der Waals surface area contributed by atoms with Gasteiger partial charge >= 0.3 is 0 Å². The molecule has 0 bridgehead atoms. The van der Waals surface area contributed by atoms with Crippen LogP contribution in [0, 0.1) is 5.41 Å². The highest BCUT2D eigenvalue weighted by Gasteiger charge is 2.48. The predicted octanol–water partition coefficient (Wildman–Crippen LogP) is 0.671. The molecule has 0 aromatic heterocycles. The maximum absolute atomic E-state index is 5.47. The fourth-order valence-corrected chi connectivity index (χ4v) is 2.83. The Kier molecular flexibility index (Phi) is 4.68. The lowest BCUT2D eigenvalue weighted by molar-refractivity contribution is -0.0922. The van der Waals surface area contributed by atoms with Gasteiger partial charge in [-0.15, -0.1) is 0 Å². The van der Waals surface area contributed by atoms with Crippen LogP contribution < -0.4 is 10.6 Å². The zero-order valence-corrected chi connectivity index (χ0v) is 12.7. The summed E-state index contributed by atoms with van der Waals surface area (Å²) in [5, 5.41) is 6.90. The first kappa shape index (κ1) is 14.6. The largest absolute Gasteiger partial charge is 0.381 e. The molecule has 2 rings (SSSR count). The minimum Gasteiger partial charge on any atom is -0.381 e. The summed E-state index contributed by atoms with van der Waals surface area (Å²) in [5.41, 5.74) is 0.170. The van der Waals surface area contributed by atoms with E-state index in [0.717, 1.165) is 25.5 Å². The quantitative estimate of drug-likeness (QED) is 0.568. The average molecular weight is 268 g/mol. The lowest BCUT2D eigenvalue weighted by Gasteiger charge is -2.51. The van der Waals surface area contributed by atoms with Crippen molar-refractivity contribution in [1.29, 1.82) is 0 Å². The summed E-state index contributed by atoms with van der Waals surface area (Å²) >= 11 is 0. The molecule has 0 spiro atoms. The van der Waals surface area contributed by atoms with Gasteiger partial charge in [-0.25, -0.2) is 0 Å². The fourth-order valence-electron chi connectivity index (χ4n) is 2.83. The number of rotatable bonds is 5. The number of nitrogens with zero attached hydrogens (tertiary/aromatic N) is 2. The topological polar surface area (TPSA) is 48.9 Å². The number of guanidine groups is 1. The van der Waals surface area contributed by atoms with Crippen molar-refractivity contribution in [1.82, 2.24) is 15.5 Å². The number of hydrogen-bond donors (Lipinski definition) is 2. The van der Waals surface area contributed by atoms with Crippen molar-refractivity contribution in [2.45, 2.75) is 38.8 Å². The Morgan fingerprint density at radius 2 is 2.16 bits per heavy atom. The van der Waals surface area contributed by atoms with Gasteiger partial charge in [0.2, 0.25) is 0 Å². The first-order valence-electron chi connectivity index (χ1n) is 7.30. The van der Waals surface area contributed by atoms with Crippen molar-refractivity contribution >= 4 is 5.96 Å². The van der Waals surface area contributed by atoms with E-state index in [1.165, 1.54) is 19.5 Å². The minimum atomic E-state index is 0.170. The molecular formula is C14H28N4O. The Morgan fingerprint density at radius 3 is 2.63 bits per heavy atom. The molecule has 0 radical (unpaired) electrons. The molecule has 110 valence electrons. The molecule has 1 saturated heterocycles. The van der Waals surface area contributed by atoms with E-state index in [4.69, 9.17) is 4.74 Å². The summed E-state index contributed by atoms with van der Waals surface area (Å²) in [6.45, 7) is 9.05. The van der Waals surface area contributed by atoms with Crippen LogP contribution in [0.4, 0.5) is 0 Å². The van der Waals surface area contributed by atoms with E-state index >= 15 is 0 Å². The molecule has 5 nitrogen and oxygen atoms in total. The standard InChI is InChI=1S/C14H28N4O/c1-14(2)11(10-12(14)19-4)17-13(15-3)16-6-9-18-7-5-8-18/h11-12H,5-10H2,1-4H3,(H2,15,16,17). The number of ether oxygens (including phenoxy) is 1. The van der Waals surface area contributed by atoms with Crippen LogP contribution in [0.25, 0.3) is 0 Å². The smallest absolute Gasteiger partial charge is 0.191 e. The number of nitrogens with one attached hydrogen (secondary N) is 2. The van der Waals surface area contributed by atoms with Crippen LogP contribution in [-0.2, 0) is 4.74 Å². The first-order chi connectivity index (χ1) is 9.07. The van der Waals surface area contributed by atoms with Gasteiger partial charge in [0, 0.05) is 38.7 Å². The molecule has 0 aromatic carbocycles. The molecule has 1 saturated carbocycles. The minimum absolute atomic E-state index is 0.170. The Morgan fingerprint density at radius 1 is 1.42 bits per heavy atom. The van der Waals surface area contributed by atoms with Crippen LogP contribution in [-0.4, -0.2) is 63.3 Å². The zero-order chi connectivity index (χ0) is 13.9. The van der Waals surface area contributed by atoms with Crippen molar-refractivity contribution in [3.8, 4) is 0 Å². The van der Waals surface area contributed by atoms with E-state index in [0.29, 0.717) is 12.1 Å². The van der Waals surface area contributed by atoms with Crippen molar-refractivity contribution in [3.63, 3.8) is 0 Å². The van der Waals surface area contributed by atoms with Gasteiger partial charge < -0.3 is 20.3 Å². The number of aliphatic imine (C=N–C) groups is 1. The van der Waals surface area contributed by atoms with Crippen LogP contribution in [0.3, 0.4) is 0 Å². The lowest BCUT2D eigenvalue weighted by Crippen LogP contribution is -2.63. The Hall–Kier alpha value is -0.810. The molecule has 19 heavy (non-hydrogen) atoms. The summed E-state index contributed by atoms with van der Waals surface area (Å²) in [6, 6.07) is 0.438. The molecule has 2 atom stereocenters. The summed E-state index contributed by atoms with van der Waals surface area (Å²) in [6.07, 6.45) is 2.75. The first-order valence-corrected chi connectivity index (χ1v) is 7.30. The van der Waals surface area contributed by atoms with Gasteiger partial charge in [-0.05, 0) is 25.9 Å². The normalized spacial score (nSPS) is 30.4. The van der Waals surface area contributed by atoms with E-state index in [2.05, 4.69) is 34.4 Å². The van der Waals surface area contributed by atoms with Crippen molar-refractivity contribution in [3.05, 3.63) is 0 Å². The molecule has 2 aliphatic rings. The molecule has 5 heteroatoms. The highest BCUT2D eigenvalue weighted by atomic mass is 16.5. The van der Waals surface area contributed by atoms with E-state index in [-0.39, 0.29) is 5.41 Å². The summed E-state index contributed by atoms with van der Waals surface area (Å²) < 4.78 is 5.47. The molecular weight excluding hydrogens is 240 g/mol. The van der Waals surface area contributed by atoms with Gasteiger partial charge in [-0.2, -0.15) is 0 Å².